The molecule has 24 heavy (non-hydrogen) atoms. The number of ketones is 1. The van der Waals surface area contributed by atoms with Gasteiger partial charge in [0.1, 0.15) is 5.75 Å². The molecule has 0 spiro atoms. The summed E-state index contributed by atoms with van der Waals surface area (Å²) in [7, 11) is 0. The standard InChI is InChI=1S/C17H14BrNO5/c1-10(20)11-2-5-13(6-3-11)24-9-16(21)19-15-7-4-12(18)8-14(15)17(22)23/h2-8H,9H2,1H3,(H,19,21)(H,22,23). The highest BCUT2D eigenvalue weighted by atomic mass is 79.9. The van der Waals surface area contributed by atoms with Gasteiger partial charge in [-0.15, -0.1) is 0 Å². The number of carboxylic acids is 1. The second-order valence-corrected chi connectivity index (χ2v) is 5.83. The molecule has 1 amide bonds. The van der Waals surface area contributed by atoms with Gasteiger partial charge in [-0.1, -0.05) is 15.9 Å². The summed E-state index contributed by atoms with van der Waals surface area (Å²) in [6, 6.07) is 10.9. The van der Waals surface area contributed by atoms with Gasteiger partial charge in [0.25, 0.3) is 5.91 Å². The molecular formula is C17H14BrNO5. The van der Waals surface area contributed by atoms with Crippen LogP contribution in [0.3, 0.4) is 0 Å². The lowest BCUT2D eigenvalue weighted by molar-refractivity contribution is -0.118. The van der Waals surface area contributed by atoms with Crippen LogP contribution in [0.15, 0.2) is 46.9 Å². The number of carbonyl (C=O) groups is 3. The first-order valence-electron chi connectivity index (χ1n) is 6.93. The average molecular weight is 392 g/mol. The van der Waals surface area contributed by atoms with Crippen molar-refractivity contribution in [3.8, 4) is 5.75 Å². The van der Waals surface area contributed by atoms with Crippen molar-refractivity contribution in [3.05, 3.63) is 58.1 Å². The van der Waals surface area contributed by atoms with E-state index in [4.69, 9.17) is 9.84 Å². The summed E-state index contributed by atoms with van der Waals surface area (Å²) in [6.07, 6.45) is 0. The topological polar surface area (TPSA) is 92.7 Å². The molecule has 0 aromatic heterocycles. The van der Waals surface area contributed by atoms with Gasteiger partial charge in [0.05, 0.1) is 11.3 Å². The lowest BCUT2D eigenvalue weighted by atomic mass is 10.1. The molecule has 0 aliphatic carbocycles. The van der Waals surface area contributed by atoms with E-state index >= 15 is 0 Å². The molecule has 0 unspecified atom stereocenters. The monoisotopic (exact) mass is 391 g/mol. The minimum absolute atomic E-state index is 0.0245. The van der Waals surface area contributed by atoms with E-state index in [-0.39, 0.29) is 23.6 Å². The fourth-order valence-electron chi connectivity index (χ4n) is 1.92. The molecule has 2 aromatic carbocycles. The van der Waals surface area contributed by atoms with Crippen molar-refractivity contribution in [3.63, 3.8) is 0 Å². The molecule has 0 aliphatic heterocycles. The number of halogens is 1. The Balaban J connectivity index is 1.99. The SMILES string of the molecule is CC(=O)c1ccc(OCC(=O)Nc2ccc(Br)cc2C(=O)O)cc1. The van der Waals surface area contributed by atoms with E-state index in [0.29, 0.717) is 15.8 Å². The molecule has 0 saturated heterocycles. The molecule has 2 aromatic rings. The second kappa shape index (κ2) is 7.74. The minimum Gasteiger partial charge on any atom is -0.484 e. The first-order chi connectivity index (χ1) is 11.4. The van der Waals surface area contributed by atoms with Crippen LogP contribution >= 0.6 is 15.9 Å². The van der Waals surface area contributed by atoms with E-state index in [0.717, 1.165) is 0 Å². The predicted molar refractivity (Wildman–Crippen MR) is 91.7 cm³/mol. The van der Waals surface area contributed by atoms with Crippen molar-refractivity contribution in [2.24, 2.45) is 0 Å². The molecule has 0 aliphatic rings. The van der Waals surface area contributed by atoms with Crippen molar-refractivity contribution in [2.45, 2.75) is 6.92 Å². The molecule has 0 fully saturated rings. The second-order valence-electron chi connectivity index (χ2n) is 4.91. The predicted octanol–water partition coefficient (Wildman–Crippen LogP) is 3.37. The number of Topliss-reactive ketones (excluding diaryl/α,β-unsaturated/α-hetero) is 1. The first kappa shape index (κ1) is 17.7. The van der Waals surface area contributed by atoms with Gasteiger partial charge >= 0.3 is 5.97 Å². The average Bonchev–Trinajstić information content (AvgIpc) is 2.54. The number of nitrogens with one attached hydrogen (secondary N) is 1. The summed E-state index contributed by atoms with van der Waals surface area (Å²) in [6.45, 7) is 1.18. The molecule has 124 valence electrons. The molecule has 7 heteroatoms. The Bertz CT molecular complexity index is 786. The lowest BCUT2D eigenvalue weighted by Crippen LogP contribution is -2.21. The summed E-state index contributed by atoms with van der Waals surface area (Å²) >= 11 is 3.18. The summed E-state index contributed by atoms with van der Waals surface area (Å²) in [5, 5.41) is 11.7. The van der Waals surface area contributed by atoms with Gasteiger partial charge in [0.15, 0.2) is 12.4 Å². The van der Waals surface area contributed by atoms with Crippen LogP contribution in [0.1, 0.15) is 27.6 Å². The van der Waals surface area contributed by atoms with Crippen LogP contribution in [-0.2, 0) is 4.79 Å². The number of anilines is 1. The summed E-state index contributed by atoms with van der Waals surface area (Å²) < 4.78 is 5.92. The Hall–Kier alpha value is -2.67. The van der Waals surface area contributed by atoms with Gasteiger partial charge in [0.2, 0.25) is 0 Å². The number of hydrogen-bond donors (Lipinski definition) is 2. The third-order valence-electron chi connectivity index (χ3n) is 3.12. The Morgan fingerprint density at radius 2 is 1.79 bits per heavy atom. The van der Waals surface area contributed by atoms with E-state index < -0.39 is 11.9 Å². The van der Waals surface area contributed by atoms with Gasteiger partial charge in [0, 0.05) is 10.0 Å². The van der Waals surface area contributed by atoms with Crippen LogP contribution in [0, 0.1) is 0 Å². The highest BCUT2D eigenvalue weighted by Gasteiger charge is 2.13. The van der Waals surface area contributed by atoms with Gasteiger partial charge in [-0.3, -0.25) is 9.59 Å². The largest absolute Gasteiger partial charge is 0.484 e. The van der Waals surface area contributed by atoms with E-state index in [9.17, 15) is 14.4 Å². The number of carboxylic acid groups (broad SMARTS) is 1. The van der Waals surface area contributed by atoms with E-state index in [1.54, 1.807) is 30.3 Å². The highest BCUT2D eigenvalue weighted by molar-refractivity contribution is 9.10. The van der Waals surface area contributed by atoms with Crippen LogP contribution in [-0.4, -0.2) is 29.4 Å². The summed E-state index contributed by atoms with van der Waals surface area (Å²) in [5.74, 6) is -1.26. The molecule has 0 saturated carbocycles. The van der Waals surface area contributed by atoms with Crippen molar-refractivity contribution in [1.29, 1.82) is 0 Å². The third-order valence-corrected chi connectivity index (χ3v) is 3.61. The maximum Gasteiger partial charge on any atom is 0.337 e. The van der Waals surface area contributed by atoms with Gasteiger partial charge in [-0.05, 0) is 49.4 Å². The number of ether oxygens (including phenoxy) is 1. The Morgan fingerprint density at radius 3 is 2.38 bits per heavy atom. The zero-order valence-corrected chi connectivity index (χ0v) is 14.3. The van der Waals surface area contributed by atoms with E-state index in [1.807, 2.05) is 0 Å². The lowest BCUT2D eigenvalue weighted by Gasteiger charge is -2.10. The zero-order valence-electron chi connectivity index (χ0n) is 12.7. The van der Waals surface area contributed by atoms with Crippen molar-refractivity contribution in [2.75, 3.05) is 11.9 Å². The van der Waals surface area contributed by atoms with Crippen molar-refractivity contribution < 1.29 is 24.2 Å². The van der Waals surface area contributed by atoms with Crippen molar-refractivity contribution in [1.82, 2.24) is 0 Å². The van der Waals surface area contributed by atoms with Crippen molar-refractivity contribution >= 4 is 39.3 Å². The molecular weight excluding hydrogens is 378 g/mol. The fourth-order valence-corrected chi connectivity index (χ4v) is 2.28. The van der Waals surface area contributed by atoms with E-state index in [2.05, 4.69) is 21.2 Å². The molecule has 0 bridgehead atoms. The number of carbonyl (C=O) groups excluding carboxylic acids is 2. The maximum absolute atomic E-state index is 11.9. The van der Waals surface area contributed by atoms with Gasteiger partial charge < -0.3 is 15.2 Å². The third kappa shape index (κ3) is 4.66. The highest BCUT2D eigenvalue weighted by Crippen LogP contribution is 2.21. The Labute approximate surface area is 146 Å². The molecule has 2 rings (SSSR count). The normalized spacial score (nSPS) is 10.1. The number of aromatic carboxylic acids is 1. The van der Waals surface area contributed by atoms with Crippen LogP contribution in [0.5, 0.6) is 5.75 Å². The molecule has 6 nitrogen and oxygen atoms in total. The molecule has 0 heterocycles. The minimum atomic E-state index is -1.15. The number of benzene rings is 2. The van der Waals surface area contributed by atoms with Crippen LogP contribution in [0.25, 0.3) is 0 Å². The number of hydrogen-bond acceptors (Lipinski definition) is 4. The van der Waals surface area contributed by atoms with Crippen LogP contribution < -0.4 is 10.1 Å². The maximum atomic E-state index is 11.9. The quantitative estimate of drug-likeness (QED) is 0.736. The first-order valence-corrected chi connectivity index (χ1v) is 7.72. The summed E-state index contributed by atoms with van der Waals surface area (Å²) in [4.78, 5) is 34.3. The Morgan fingerprint density at radius 1 is 1.12 bits per heavy atom. The van der Waals surface area contributed by atoms with E-state index in [1.165, 1.54) is 19.1 Å². The molecule has 0 atom stereocenters. The fraction of sp³-hybridized carbons (Fsp3) is 0.118. The molecule has 0 radical (unpaired) electrons. The summed E-state index contributed by atoms with van der Waals surface area (Å²) in [5.41, 5.74) is 0.711. The smallest absolute Gasteiger partial charge is 0.337 e. The van der Waals surface area contributed by atoms with Crippen LogP contribution in [0.2, 0.25) is 0 Å². The molecule has 2 N–H and O–H groups in total. The number of rotatable bonds is 6. The number of amides is 1. The zero-order chi connectivity index (χ0) is 17.7. The Kier molecular flexibility index (Phi) is 5.70. The van der Waals surface area contributed by atoms with Crippen LogP contribution in [0.4, 0.5) is 5.69 Å². The van der Waals surface area contributed by atoms with Gasteiger partial charge in [-0.25, -0.2) is 4.79 Å². The van der Waals surface area contributed by atoms with Gasteiger partial charge in [-0.2, -0.15) is 0 Å².